The Morgan fingerprint density at radius 1 is 1.12 bits per heavy atom. The summed E-state index contributed by atoms with van der Waals surface area (Å²) in [5.74, 6) is -5.31. The quantitative estimate of drug-likeness (QED) is 0.741. The molecule has 0 bridgehead atoms. The number of carbonyl (C=O) groups is 2. The third-order valence-electron chi connectivity index (χ3n) is 2.43. The van der Waals surface area contributed by atoms with Gasteiger partial charge in [-0.2, -0.15) is 13.2 Å². The van der Waals surface area contributed by atoms with Crippen LogP contribution in [0.5, 0.6) is 0 Å². The van der Waals surface area contributed by atoms with Gasteiger partial charge in [-0.3, -0.25) is 14.5 Å². The number of nitrogens with zero attached hydrogens (tertiary/aromatic N) is 1. The van der Waals surface area contributed by atoms with Gasteiger partial charge in [-0.05, 0) is 0 Å². The summed E-state index contributed by atoms with van der Waals surface area (Å²) in [7, 11) is 0. The van der Waals surface area contributed by atoms with Crippen molar-refractivity contribution in [2.24, 2.45) is 11.8 Å². The average molecular weight is 241 g/mol. The zero-order valence-corrected chi connectivity index (χ0v) is 8.07. The van der Waals surface area contributed by atoms with Gasteiger partial charge in [0.1, 0.15) is 0 Å². The van der Waals surface area contributed by atoms with E-state index in [1.165, 1.54) is 0 Å². The van der Waals surface area contributed by atoms with Crippen LogP contribution >= 0.6 is 0 Å². The molecule has 0 aromatic heterocycles. The van der Waals surface area contributed by atoms with Crippen molar-refractivity contribution >= 4 is 11.9 Å². The lowest BCUT2D eigenvalue weighted by Crippen LogP contribution is -2.33. The maximum atomic E-state index is 12.0. The van der Waals surface area contributed by atoms with Gasteiger partial charge in [-0.15, -0.1) is 0 Å². The molecule has 2 atom stereocenters. The van der Waals surface area contributed by atoms with Gasteiger partial charge < -0.3 is 10.2 Å². The zero-order chi connectivity index (χ0) is 12.5. The average Bonchev–Trinajstić information content (AvgIpc) is 2.44. The highest BCUT2D eigenvalue weighted by Crippen LogP contribution is 2.27. The highest BCUT2D eigenvalue weighted by Gasteiger charge is 2.45. The standard InChI is InChI=1S/C8H10F3NO4/c9-8(10,11)3-12-1-4(6(13)14)5(2-12)7(15)16/h4-5H,1-3H2,(H,13,14)(H,15,16)/t4-,5-/m0/s1. The van der Waals surface area contributed by atoms with Crippen LogP contribution < -0.4 is 0 Å². The van der Waals surface area contributed by atoms with Gasteiger partial charge in [0.15, 0.2) is 0 Å². The van der Waals surface area contributed by atoms with Crippen LogP contribution in [0.15, 0.2) is 0 Å². The summed E-state index contributed by atoms with van der Waals surface area (Å²) in [5, 5.41) is 17.4. The molecule has 1 aliphatic heterocycles. The Hall–Kier alpha value is -1.31. The van der Waals surface area contributed by atoms with Crippen LogP contribution in [0.1, 0.15) is 0 Å². The first-order valence-electron chi connectivity index (χ1n) is 4.45. The maximum absolute atomic E-state index is 12.0. The van der Waals surface area contributed by atoms with E-state index in [1.54, 1.807) is 0 Å². The summed E-state index contributed by atoms with van der Waals surface area (Å²) < 4.78 is 36.1. The van der Waals surface area contributed by atoms with Crippen LogP contribution in [0.3, 0.4) is 0 Å². The molecule has 0 unspecified atom stereocenters. The molecule has 1 saturated heterocycles. The number of hydrogen-bond acceptors (Lipinski definition) is 3. The Morgan fingerprint density at radius 3 is 1.75 bits per heavy atom. The summed E-state index contributed by atoms with van der Waals surface area (Å²) in [6, 6.07) is 0. The van der Waals surface area contributed by atoms with E-state index < -0.39 is 36.5 Å². The highest BCUT2D eigenvalue weighted by atomic mass is 19.4. The number of aliphatic carboxylic acids is 2. The third-order valence-corrected chi connectivity index (χ3v) is 2.43. The Kier molecular flexibility index (Phi) is 3.41. The Morgan fingerprint density at radius 2 is 1.50 bits per heavy atom. The normalized spacial score (nSPS) is 26.9. The summed E-state index contributed by atoms with van der Waals surface area (Å²) in [4.78, 5) is 22.1. The second-order valence-electron chi connectivity index (χ2n) is 3.70. The van der Waals surface area contributed by atoms with Crippen molar-refractivity contribution in [1.29, 1.82) is 0 Å². The fraction of sp³-hybridized carbons (Fsp3) is 0.750. The van der Waals surface area contributed by atoms with E-state index in [-0.39, 0.29) is 13.1 Å². The molecule has 1 aliphatic rings. The Balaban J connectivity index is 2.69. The van der Waals surface area contributed by atoms with Crippen molar-refractivity contribution in [3.8, 4) is 0 Å². The number of halogens is 3. The summed E-state index contributed by atoms with van der Waals surface area (Å²) in [6.45, 7) is -2.04. The van der Waals surface area contributed by atoms with Crippen molar-refractivity contribution < 1.29 is 33.0 Å². The van der Waals surface area contributed by atoms with Crippen molar-refractivity contribution in [3.05, 3.63) is 0 Å². The van der Waals surface area contributed by atoms with Gasteiger partial charge in [-0.25, -0.2) is 0 Å². The van der Waals surface area contributed by atoms with E-state index in [4.69, 9.17) is 10.2 Å². The maximum Gasteiger partial charge on any atom is 0.401 e. The fourth-order valence-electron chi connectivity index (χ4n) is 1.77. The number of carboxylic acid groups (broad SMARTS) is 2. The lowest BCUT2D eigenvalue weighted by atomic mass is 9.97. The molecule has 1 fully saturated rings. The van der Waals surface area contributed by atoms with Gasteiger partial charge in [0.25, 0.3) is 0 Å². The second kappa shape index (κ2) is 4.28. The Labute approximate surface area is 88.5 Å². The molecule has 8 heteroatoms. The molecule has 1 heterocycles. The van der Waals surface area contributed by atoms with Gasteiger partial charge >= 0.3 is 18.1 Å². The molecule has 1 rings (SSSR count). The smallest absolute Gasteiger partial charge is 0.401 e. The first-order chi connectivity index (χ1) is 7.20. The minimum Gasteiger partial charge on any atom is -0.481 e. The van der Waals surface area contributed by atoms with Crippen molar-refractivity contribution in [2.75, 3.05) is 19.6 Å². The number of alkyl halides is 3. The third kappa shape index (κ3) is 3.09. The molecule has 2 N–H and O–H groups in total. The van der Waals surface area contributed by atoms with Crippen molar-refractivity contribution in [3.63, 3.8) is 0 Å². The molecule has 0 aromatic carbocycles. The molecule has 0 amide bonds. The van der Waals surface area contributed by atoms with Crippen LogP contribution in [0.2, 0.25) is 0 Å². The van der Waals surface area contributed by atoms with E-state index >= 15 is 0 Å². The predicted molar refractivity (Wildman–Crippen MR) is 44.7 cm³/mol. The molecule has 0 radical (unpaired) electrons. The minimum atomic E-state index is -4.45. The summed E-state index contributed by atoms with van der Waals surface area (Å²) in [6.07, 6.45) is -4.45. The van der Waals surface area contributed by atoms with E-state index in [9.17, 15) is 22.8 Å². The first kappa shape index (κ1) is 12.8. The van der Waals surface area contributed by atoms with Crippen LogP contribution in [-0.2, 0) is 9.59 Å². The van der Waals surface area contributed by atoms with Crippen LogP contribution in [0.4, 0.5) is 13.2 Å². The molecule has 5 nitrogen and oxygen atoms in total. The first-order valence-corrected chi connectivity index (χ1v) is 4.45. The Bertz CT molecular complexity index is 282. The lowest BCUT2D eigenvalue weighted by Gasteiger charge is -2.16. The topological polar surface area (TPSA) is 77.8 Å². The van der Waals surface area contributed by atoms with Gasteiger partial charge in [0.2, 0.25) is 0 Å². The fourth-order valence-corrected chi connectivity index (χ4v) is 1.77. The number of hydrogen-bond donors (Lipinski definition) is 2. The largest absolute Gasteiger partial charge is 0.481 e. The highest BCUT2D eigenvalue weighted by molar-refractivity contribution is 5.81. The molecule has 0 spiro atoms. The zero-order valence-electron chi connectivity index (χ0n) is 8.07. The van der Waals surface area contributed by atoms with Crippen LogP contribution in [0.25, 0.3) is 0 Å². The molecule has 0 aliphatic carbocycles. The van der Waals surface area contributed by atoms with Crippen molar-refractivity contribution in [2.45, 2.75) is 6.18 Å². The second-order valence-corrected chi connectivity index (χ2v) is 3.70. The van der Waals surface area contributed by atoms with Gasteiger partial charge in [0, 0.05) is 13.1 Å². The van der Waals surface area contributed by atoms with Crippen LogP contribution in [-0.4, -0.2) is 52.9 Å². The summed E-state index contributed by atoms with van der Waals surface area (Å²) >= 11 is 0. The predicted octanol–water partition coefficient (Wildman–Crippen LogP) is 0.266. The van der Waals surface area contributed by atoms with E-state index in [0.29, 0.717) is 0 Å². The van der Waals surface area contributed by atoms with Crippen LogP contribution in [0, 0.1) is 11.8 Å². The molecule has 92 valence electrons. The van der Waals surface area contributed by atoms with E-state index in [0.717, 1.165) is 4.90 Å². The molecular formula is C8H10F3NO4. The SMILES string of the molecule is O=C(O)[C@H]1CN(CC(F)(F)F)C[C@@H]1C(=O)O. The van der Waals surface area contributed by atoms with Gasteiger partial charge in [-0.1, -0.05) is 0 Å². The van der Waals surface area contributed by atoms with E-state index in [2.05, 4.69) is 0 Å². The number of carboxylic acids is 2. The molecule has 0 saturated carbocycles. The monoisotopic (exact) mass is 241 g/mol. The summed E-state index contributed by atoms with van der Waals surface area (Å²) in [5.41, 5.74) is 0. The van der Waals surface area contributed by atoms with Gasteiger partial charge in [0.05, 0.1) is 18.4 Å². The van der Waals surface area contributed by atoms with Crippen molar-refractivity contribution in [1.82, 2.24) is 4.90 Å². The number of rotatable bonds is 3. The number of likely N-dealkylation sites (tertiary alicyclic amines) is 1. The molecule has 16 heavy (non-hydrogen) atoms. The minimum absolute atomic E-state index is 0.383. The lowest BCUT2D eigenvalue weighted by molar-refractivity contribution is -0.151. The van der Waals surface area contributed by atoms with E-state index in [1.807, 2.05) is 0 Å². The molecular weight excluding hydrogens is 231 g/mol. The molecule has 0 aromatic rings.